The Hall–Kier alpha value is -1.92. The maximum Gasteiger partial charge on any atom is 0.418 e. The third-order valence-corrected chi connectivity index (χ3v) is 10.1. The average Bonchev–Trinajstić information content (AvgIpc) is 3.44. The molecule has 2 aromatic heterocycles. The van der Waals surface area contributed by atoms with Crippen molar-refractivity contribution in [3.63, 3.8) is 0 Å². The van der Waals surface area contributed by atoms with Gasteiger partial charge < -0.3 is 5.11 Å². The first-order valence-electron chi connectivity index (χ1n) is 14.8. The molecular formula is C29H43F3N6O2. The van der Waals surface area contributed by atoms with Crippen LogP contribution in [-0.4, -0.2) is 62.4 Å². The van der Waals surface area contributed by atoms with Crippen LogP contribution in [0.4, 0.5) is 13.2 Å². The summed E-state index contributed by atoms with van der Waals surface area (Å²) in [6.07, 6.45) is 5.38. The predicted molar refractivity (Wildman–Crippen MR) is 146 cm³/mol. The van der Waals surface area contributed by atoms with Gasteiger partial charge in [-0.25, -0.2) is 15.6 Å². The van der Waals surface area contributed by atoms with Gasteiger partial charge in [0.25, 0.3) is 0 Å². The molecule has 6 rings (SSSR count). The molecule has 4 heterocycles. The highest BCUT2D eigenvalue weighted by molar-refractivity contribution is 5.56. The molecule has 4 aliphatic rings. The molecule has 0 spiro atoms. The summed E-state index contributed by atoms with van der Waals surface area (Å²) in [7, 11) is 2.05. The van der Waals surface area contributed by atoms with Gasteiger partial charge in [-0.3, -0.25) is 18.8 Å². The van der Waals surface area contributed by atoms with Crippen molar-refractivity contribution in [1.29, 1.82) is 0 Å². The van der Waals surface area contributed by atoms with Crippen LogP contribution < -0.4 is 16.5 Å². The van der Waals surface area contributed by atoms with Gasteiger partial charge in [0.15, 0.2) is 0 Å². The minimum Gasteiger partial charge on any atom is -0.390 e. The van der Waals surface area contributed by atoms with Gasteiger partial charge in [-0.05, 0) is 88.9 Å². The van der Waals surface area contributed by atoms with Crippen LogP contribution in [0.1, 0.15) is 82.4 Å². The van der Waals surface area contributed by atoms with E-state index < -0.39 is 23.0 Å². The van der Waals surface area contributed by atoms with E-state index in [1.54, 1.807) is 10.8 Å². The smallest absolute Gasteiger partial charge is 0.390 e. The normalized spacial score (nSPS) is 36.3. The van der Waals surface area contributed by atoms with E-state index >= 15 is 0 Å². The van der Waals surface area contributed by atoms with E-state index in [1.165, 1.54) is 16.7 Å². The van der Waals surface area contributed by atoms with Crippen molar-refractivity contribution in [3.05, 3.63) is 40.1 Å². The monoisotopic (exact) mass is 564 g/mol. The number of nitrogens with one attached hydrogen (secondary N) is 2. The number of aromatic nitrogens is 2. The minimum atomic E-state index is -4.56. The number of rotatable bonds is 5. The summed E-state index contributed by atoms with van der Waals surface area (Å²) in [6, 6.07) is 1.06. The van der Waals surface area contributed by atoms with Gasteiger partial charge >= 0.3 is 11.9 Å². The molecule has 8 nitrogen and oxygen atoms in total. The molecule has 2 saturated carbocycles. The van der Waals surface area contributed by atoms with E-state index in [-0.39, 0.29) is 29.1 Å². The zero-order valence-electron chi connectivity index (χ0n) is 23.8. The number of fused-ring (bicyclic) bond motifs is 1. The van der Waals surface area contributed by atoms with Gasteiger partial charge in [0, 0.05) is 36.9 Å². The number of imidazole rings is 1. The van der Waals surface area contributed by atoms with Crippen molar-refractivity contribution < 1.29 is 18.3 Å². The van der Waals surface area contributed by atoms with E-state index in [4.69, 9.17) is 0 Å². The maximum absolute atomic E-state index is 14.3. The summed E-state index contributed by atoms with van der Waals surface area (Å²) in [4.78, 5) is 18.1. The Kier molecular flexibility index (Phi) is 7.13. The third-order valence-electron chi connectivity index (χ3n) is 10.1. The number of halogens is 3. The fraction of sp³-hybridized carbons (Fsp3) is 0.759. The molecular weight excluding hydrogens is 521 g/mol. The molecule has 3 unspecified atom stereocenters. The Bertz CT molecular complexity index is 1300. The second-order valence-corrected chi connectivity index (χ2v) is 13.6. The maximum atomic E-state index is 14.3. The predicted octanol–water partition coefficient (Wildman–Crippen LogP) is 3.94. The van der Waals surface area contributed by atoms with Gasteiger partial charge in [-0.2, -0.15) is 13.2 Å². The first-order valence-corrected chi connectivity index (χ1v) is 14.8. The van der Waals surface area contributed by atoms with Crippen LogP contribution in [0.2, 0.25) is 0 Å². The van der Waals surface area contributed by atoms with Gasteiger partial charge in [-0.1, -0.05) is 13.3 Å². The SMILES string of the molecule is C[C@@H]1CCCN(Cc2cc(C(F)(F)F)c3cn(C4CCCC(C5(C6NNCN6C)CC(C)(O)C5)C4)c(=O)n3c2)C1. The molecule has 0 radical (unpaired) electrons. The third kappa shape index (κ3) is 5.02. The number of piperidine rings is 1. The lowest BCUT2D eigenvalue weighted by Gasteiger charge is -2.60. The van der Waals surface area contributed by atoms with Crippen molar-refractivity contribution >= 4 is 5.52 Å². The van der Waals surface area contributed by atoms with Gasteiger partial charge in [0.2, 0.25) is 0 Å². The Morgan fingerprint density at radius 1 is 1.15 bits per heavy atom. The van der Waals surface area contributed by atoms with Gasteiger partial charge in [0.1, 0.15) is 0 Å². The number of alkyl halides is 3. The summed E-state index contributed by atoms with van der Waals surface area (Å²) in [5.41, 5.74) is 5.03. The highest BCUT2D eigenvalue weighted by Crippen LogP contribution is 2.60. The molecule has 4 atom stereocenters. The molecule has 40 heavy (non-hydrogen) atoms. The van der Waals surface area contributed by atoms with E-state index in [0.717, 1.165) is 45.2 Å². The number of hydrogen-bond acceptors (Lipinski definition) is 6. The molecule has 11 heteroatoms. The van der Waals surface area contributed by atoms with Gasteiger partial charge in [-0.15, -0.1) is 0 Å². The molecule has 0 bridgehead atoms. The number of aliphatic hydroxyl groups is 1. The topological polar surface area (TPSA) is 77.2 Å². The van der Waals surface area contributed by atoms with Crippen molar-refractivity contribution in [2.45, 2.75) is 95.7 Å². The number of pyridine rings is 1. The van der Waals surface area contributed by atoms with Crippen LogP contribution >= 0.6 is 0 Å². The molecule has 4 fully saturated rings. The van der Waals surface area contributed by atoms with Gasteiger partial charge in [0.05, 0.1) is 29.5 Å². The second kappa shape index (κ2) is 10.1. The molecule has 2 aliphatic carbocycles. The molecule has 2 aromatic rings. The summed E-state index contributed by atoms with van der Waals surface area (Å²) in [5.74, 6) is 0.750. The standard InChI is InChI=1S/C29H43F3N6O2/c1-19-6-5-9-36(12-19)13-20-10-23(29(30,31)32)24-15-37(26(39)38(24)14-20)22-8-4-7-21(11-22)28(16-27(2,40)17-28)25-34-33-18-35(25)3/h10,14-15,19,21-22,25,33-34,40H,4-9,11-13,16-18H2,1-3H3/t19-,21?,22?,25?,27?,28?/m1/s1. The molecule has 0 amide bonds. The lowest BCUT2D eigenvalue weighted by molar-refractivity contribution is -0.181. The number of hydrazine groups is 1. The molecule has 0 aromatic carbocycles. The Labute approximate surface area is 233 Å². The lowest BCUT2D eigenvalue weighted by Crippen LogP contribution is -2.65. The lowest BCUT2D eigenvalue weighted by atomic mass is 9.50. The van der Waals surface area contributed by atoms with E-state index in [0.29, 0.717) is 44.0 Å². The largest absolute Gasteiger partial charge is 0.418 e. The van der Waals surface area contributed by atoms with Crippen LogP contribution in [0.3, 0.4) is 0 Å². The van der Waals surface area contributed by atoms with Crippen LogP contribution in [-0.2, 0) is 12.7 Å². The first kappa shape index (κ1) is 28.2. The zero-order chi connectivity index (χ0) is 28.4. The number of likely N-dealkylation sites (tertiary alicyclic amines) is 1. The highest BCUT2D eigenvalue weighted by Gasteiger charge is 2.61. The second-order valence-electron chi connectivity index (χ2n) is 13.6. The molecule has 222 valence electrons. The van der Waals surface area contributed by atoms with Crippen molar-refractivity contribution in [2.24, 2.45) is 17.3 Å². The molecule has 2 aliphatic heterocycles. The minimum absolute atomic E-state index is 0.0539. The fourth-order valence-corrected chi connectivity index (χ4v) is 8.59. The van der Waals surface area contributed by atoms with E-state index in [1.807, 2.05) is 6.92 Å². The quantitative estimate of drug-likeness (QED) is 0.511. The van der Waals surface area contributed by atoms with Crippen molar-refractivity contribution in [3.8, 4) is 0 Å². The average molecular weight is 565 g/mol. The zero-order valence-corrected chi connectivity index (χ0v) is 23.8. The summed E-state index contributed by atoms with van der Waals surface area (Å²) < 4.78 is 45.7. The Balaban J connectivity index is 1.32. The Morgan fingerprint density at radius 3 is 2.58 bits per heavy atom. The summed E-state index contributed by atoms with van der Waals surface area (Å²) >= 11 is 0. The van der Waals surface area contributed by atoms with Crippen LogP contribution in [0.15, 0.2) is 23.3 Å². The summed E-state index contributed by atoms with van der Waals surface area (Å²) in [6.45, 7) is 6.87. The van der Waals surface area contributed by atoms with Crippen LogP contribution in [0.25, 0.3) is 5.52 Å². The number of hydrogen-bond donors (Lipinski definition) is 3. The van der Waals surface area contributed by atoms with Crippen LogP contribution in [0.5, 0.6) is 0 Å². The van der Waals surface area contributed by atoms with E-state index in [9.17, 15) is 23.1 Å². The van der Waals surface area contributed by atoms with Crippen LogP contribution in [0, 0.1) is 17.3 Å². The fourth-order valence-electron chi connectivity index (χ4n) is 8.59. The molecule has 3 N–H and O–H groups in total. The molecule has 2 saturated heterocycles. The van der Waals surface area contributed by atoms with Crippen molar-refractivity contribution in [1.82, 2.24) is 29.6 Å². The van der Waals surface area contributed by atoms with Crippen molar-refractivity contribution in [2.75, 3.05) is 26.8 Å². The van der Waals surface area contributed by atoms with E-state index in [2.05, 4.69) is 34.6 Å². The highest BCUT2D eigenvalue weighted by atomic mass is 19.4. The Morgan fingerprint density at radius 2 is 1.93 bits per heavy atom. The summed E-state index contributed by atoms with van der Waals surface area (Å²) in [5, 5.41) is 10.8. The first-order chi connectivity index (χ1) is 18.9. The number of nitrogens with zero attached hydrogens (tertiary/aromatic N) is 4.